The number of nitrogens with two attached hydrogens (primary N) is 1. The lowest BCUT2D eigenvalue weighted by Gasteiger charge is -2.10. The minimum absolute atomic E-state index is 0.0869. The van der Waals surface area contributed by atoms with E-state index in [1.54, 1.807) is 12.1 Å². The topological polar surface area (TPSA) is 63.3 Å². The Hall–Kier alpha value is -0.330. The molecular weight excluding hydrogens is 316 g/mol. The van der Waals surface area contributed by atoms with E-state index in [1.807, 2.05) is 6.07 Å². The Kier molecular flexibility index (Phi) is 4.15. The number of carbonyl (C=O) groups is 1. The van der Waals surface area contributed by atoms with E-state index in [0.29, 0.717) is 5.02 Å². The average Bonchev–Trinajstić information content (AvgIpc) is 2.00. The SMILES string of the molecule is N[C@H](CC(=O)O)c1cc(Cl)cc(I)c1. The number of benzene rings is 1. The van der Waals surface area contributed by atoms with Gasteiger partial charge in [-0.25, -0.2) is 0 Å². The van der Waals surface area contributed by atoms with Crippen molar-refractivity contribution < 1.29 is 9.90 Å². The molecule has 1 rings (SSSR count). The maximum atomic E-state index is 10.4. The van der Waals surface area contributed by atoms with Crippen LogP contribution in [0.4, 0.5) is 0 Å². The summed E-state index contributed by atoms with van der Waals surface area (Å²) in [6.45, 7) is 0. The van der Waals surface area contributed by atoms with Gasteiger partial charge >= 0.3 is 5.97 Å². The summed E-state index contributed by atoms with van der Waals surface area (Å²) in [7, 11) is 0. The second-order valence-electron chi connectivity index (χ2n) is 2.91. The Morgan fingerprint density at radius 2 is 2.21 bits per heavy atom. The average molecular weight is 326 g/mol. The third-order valence-corrected chi connectivity index (χ3v) is 2.55. The molecule has 0 fully saturated rings. The highest BCUT2D eigenvalue weighted by atomic mass is 127. The molecule has 0 spiro atoms. The Labute approximate surface area is 100 Å². The predicted octanol–water partition coefficient (Wildman–Crippen LogP) is 2.42. The van der Waals surface area contributed by atoms with Gasteiger partial charge in [-0.2, -0.15) is 0 Å². The minimum Gasteiger partial charge on any atom is -0.481 e. The van der Waals surface area contributed by atoms with Gasteiger partial charge in [0.1, 0.15) is 0 Å². The number of hydrogen-bond donors (Lipinski definition) is 2. The number of halogens is 2. The molecule has 0 saturated carbocycles. The third-order valence-electron chi connectivity index (χ3n) is 1.71. The Morgan fingerprint density at radius 1 is 1.57 bits per heavy atom. The zero-order valence-corrected chi connectivity index (χ0v) is 10.1. The van der Waals surface area contributed by atoms with Crippen LogP contribution >= 0.6 is 34.2 Å². The molecule has 14 heavy (non-hydrogen) atoms. The first-order valence-corrected chi connectivity index (χ1v) is 5.38. The smallest absolute Gasteiger partial charge is 0.305 e. The van der Waals surface area contributed by atoms with E-state index in [4.69, 9.17) is 22.4 Å². The summed E-state index contributed by atoms with van der Waals surface area (Å²) in [5, 5.41) is 9.15. The molecule has 0 amide bonds. The normalized spacial score (nSPS) is 12.5. The first kappa shape index (κ1) is 11.7. The Bertz CT molecular complexity index is 336. The summed E-state index contributed by atoms with van der Waals surface area (Å²) in [6.07, 6.45) is -0.0869. The molecule has 76 valence electrons. The predicted molar refractivity (Wildman–Crippen MR) is 63.4 cm³/mol. The van der Waals surface area contributed by atoms with E-state index in [2.05, 4.69) is 22.6 Å². The van der Waals surface area contributed by atoms with Gasteiger partial charge in [-0.1, -0.05) is 11.6 Å². The van der Waals surface area contributed by atoms with Crippen LogP contribution < -0.4 is 5.73 Å². The molecule has 0 radical (unpaired) electrons. The molecule has 0 aliphatic heterocycles. The lowest BCUT2D eigenvalue weighted by atomic mass is 10.1. The van der Waals surface area contributed by atoms with Crippen LogP contribution in [0.3, 0.4) is 0 Å². The maximum Gasteiger partial charge on any atom is 0.305 e. The van der Waals surface area contributed by atoms with E-state index in [-0.39, 0.29) is 6.42 Å². The van der Waals surface area contributed by atoms with Crippen molar-refractivity contribution in [1.82, 2.24) is 0 Å². The molecule has 3 nitrogen and oxygen atoms in total. The lowest BCUT2D eigenvalue weighted by Crippen LogP contribution is -2.15. The zero-order valence-electron chi connectivity index (χ0n) is 7.21. The standard InChI is InChI=1S/C9H9ClINO2/c10-6-1-5(2-7(11)3-6)8(12)4-9(13)14/h1-3,8H,4,12H2,(H,13,14)/t8-/m1/s1. The number of carboxylic acid groups (broad SMARTS) is 1. The van der Waals surface area contributed by atoms with E-state index in [1.165, 1.54) is 0 Å². The Balaban J connectivity index is 2.89. The van der Waals surface area contributed by atoms with Crippen molar-refractivity contribution in [2.45, 2.75) is 12.5 Å². The minimum atomic E-state index is -0.910. The number of rotatable bonds is 3. The van der Waals surface area contributed by atoms with E-state index >= 15 is 0 Å². The van der Waals surface area contributed by atoms with Gasteiger partial charge in [0.2, 0.25) is 0 Å². The Morgan fingerprint density at radius 3 is 2.71 bits per heavy atom. The first-order valence-electron chi connectivity index (χ1n) is 3.92. The zero-order chi connectivity index (χ0) is 10.7. The van der Waals surface area contributed by atoms with Crippen molar-refractivity contribution in [3.05, 3.63) is 32.4 Å². The van der Waals surface area contributed by atoms with Gasteiger partial charge in [0.25, 0.3) is 0 Å². The summed E-state index contributed by atoms with van der Waals surface area (Å²) < 4.78 is 0.950. The van der Waals surface area contributed by atoms with Crippen LogP contribution in [-0.4, -0.2) is 11.1 Å². The fourth-order valence-corrected chi connectivity index (χ4v) is 2.22. The van der Waals surface area contributed by atoms with Crippen molar-refractivity contribution in [3.8, 4) is 0 Å². The molecule has 1 aromatic carbocycles. The molecule has 0 aliphatic carbocycles. The molecule has 0 aliphatic rings. The summed E-state index contributed by atoms with van der Waals surface area (Å²) in [6, 6.07) is 4.82. The monoisotopic (exact) mass is 325 g/mol. The fourth-order valence-electron chi connectivity index (χ4n) is 1.10. The highest BCUT2D eigenvalue weighted by molar-refractivity contribution is 14.1. The van der Waals surface area contributed by atoms with Crippen molar-refractivity contribution >= 4 is 40.2 Å². The van der Waals surface area contributed by atoms with Gasteiger partial charge in [-0.15, -0.1) is 0 Å². The van der Waals surface area contributed by atoms with Crippen molar-refractivity contribution in [2.24, 2.45) is 5.73 Å². The fraction of sp³-hybridized carbons (Fsp3) is 0.222. The maximum absolute atomic E-state index is 10.4. The van der Waals surface area contributed by atoms with E-state index in [0.717, 1.165) is 9.13 Å². The van der Waals surface area contributed by atoms with E-state index in [9.17, 15) is 4.79 Å². The largest absolute Gasteiger partial charge is 0.481 e. The van der Waals surface area contributed by atoms with Gasteiger partial charge < -0.3 is 10.8 Å². The van der Waals surface area contributed by atoms with E-state index < -0.39 is 12.0 Å². The first-order chi connectivity index (χ1) is 6.49. The van der Waals surface area contributed by atoms with Gasteiger partial charge in [0.15, 0.2) is 0 Å². The molecule has 1 aromatic rings. The third kappa shape index (κ3) is 3.43. The molecule has 0 bridgehead atoms. The second-order valence-corrected chi connectivity index (χ2v) is 4.59. The van der Waals surface area contributed by atoms with Crippen LogP contribution in [0.25, 0.3) is 0 Å². The van der Waals surface area contributed by atoms with Crippen LogP contribution in [0.1, 0.15) is 18.0 Å². The molecule has 0 heterocycles. The van der Waals surface area contributed by atoms with Gasteiger partial charge in [0.05, 0.1) is 6.42 Å². The van der Waals surface area contributed by atoms with Crippen LogP contribution in [0, 0.1) is 3.57 Å². The molecule has 0 unspecified atom stereocenters. The second kappa shape index (κ2) is 4.95. The molecule has 0 aromatic heterocycles. The molecule has 0 saturated heterocycles. The van der Waals surface area contributed by atoms with Crippen molar-refractivity contribution in [2.75, 3.05) is 0 Å². The molecular formula is C9H9ClINO2. The summed E-state index contributed by atoms with van der Waals surface area (Å²) >= 11 is 7.93. The van der Waals surface area contributed by atoms with Crippen molar-refractivity contribution in [3.63, 3.8) is 0 Å². The van der Waals surface area contributed by atoms with Crippen LogP contribution in [-0.2, 0) is 4.79 Å². The summed E-state index contributed by atoms with van der Waals surface area (Å²) in [4.78, 5) is 10.4. The number of aliphatic carboxylic acids is 1. The molecule has 1 atom stereocenters. The lowest BCUT2D eigenvalue weighted by molar-refractivity contribution is -0.137. The molecule has 5 heteroatoms. The highest BCUT2D eigenvalue weighted by Crippen LogP contribution is 2.22. The van der Waals surface area contributed by atoms with Crippen molar-refractivity contribution in [1.29, 1.82) is 0 Å². The number of hydrogen-bond acceptors (Lipinski definition) is 2. The summed E-state index contributed by atoms with van der Waals surface area (Å²) in [5.41, 5.74) is 6.44. The van der Waals surface area contributed by atoms with Gasteiger partial charge in [-0.3, -0.25) is 4.79 Å². The van der Waals surface area contributed by atoms with Gasteiger partial charge in [-0.05, 0) is 46.4 Å². The van der Waals surface area contributed by atoms with Crippen LogP contribution in [0.2, 0.25) is 5.02 Å². The van der Waals surface area contributed by atoms with Gasteiger partial charge in [0, 0.05) is 14.6 Å². The number of carboxylic acids is 1. The molecule has 3 N–H and O–H groups in total. The summed E-state index contributed by atoms with van der Waals surface area (Å²) in [5.74, 6) is -0.910. The quantitative estimate of drug-likeness (QED) is 0.839. The highest BCUT2D eigenvalue weighted by Gasteiger charge is 2.11. The van der Waals surface area contributed by atoms with Crippen LogP contribution in [0.15, 0.2) is 18.2 Å². The van der Waals surface area contributed by atoms with Crippen LogP contribution in [0.5, 0.6) is 0 Å².